The van der Waals surface area contributed by atoms with Gasteiger partial charge in [0.15, 0.2) is 0 Å². The van der Waals surface area contributed by atoms with E-state index in [1.807, 2.05) is 19.1 Å². The van der Waals surface area contributed by atoms with Crippen molar-refractivity contribution in [1.82, 2.24) is 14.6 Å². The highest BCUT2D eigenvalue weighted by atomic mass is 32.2. The molecule has 1 aliphatic rings. The van der Waals surface area contributed by atoms with Gasteiger partial charge in [0.1, 0.15) is 0 Å². The fraction of sp³-hybridized carbons (Fsp3) is 0.280. The van der Waals surface area contributed by atoms with Crippen LogP contribution in [0.4, 0.5) is 13.2 Å². The van der Waals surface area contributed by atoms with Crippen LogP contribution in [0.3, 0.4) is 0 Å². The van der Waals surface area contributed by atoms with Crippen molar-refractivity contribution in [2.75, 3.05) is 13.1 Å². The van der Waals surface area contributed by atoms with E-state index < -0.39 is 33.7 Å². The third-order valence-electron chi connectivity index (χ3n) is 6.15. The third-order valence-corrected chi connectivity index (χ3v) is 8.12. The summed E-state index contributed by atoms with van der Waals surface area (Å²) < 4.78 is 67.0. The predicted molar refractivity (Wildman–Crippen MR) is 124 cm³/mol. The van der Waals surface area contributed by atoms with Gasteiger partial charge in [-0.2, -0.15) is 17.5 Å². The highest BCUT2D eigenvalue weighted by Crippen LogP contribution is 2.33. The Labute approximate surface area is 201 Å². The van der Waals surface area contributed by atoms with E-state index in [1.54, 1.807) is 37.5 Å². The zero-order valence-corrected chi connectivity index (χ0v) is 19.9. The van der Waals surface area contributed by atoms with Gasteiger partial charge in [-0.1, -0.05) is 18.2 Å². The monoisotopic (exact) mass is 503 g/mol. The molecule has 1 aromatic heterocycles. The Morgan fingerprint density at radius 1 is 1.06 bits per heavy atom. The topological polar surface area (TPSA) is 79.4 Å². The van der Waals surface area contributed by atoms with Gasteiger partial charge in [0.25, 0.3) is 5.91 Å². The summed E-state index contributed by atoms with van der Waals surface area (Å²) in [6.45, 7) is 3.68. The van der Waals surface area contributed by atoms with Crippen LogP contribution in [0.5, 0.6) is 0 Å². The Balaban J connectivity index is 1.62. The van der Waals surface area contributed by atoms with Crippen LogP contribution in [0.15, 0.2) is 71.9 Å². The number of halogens is 3. The summed E-state index contributed by atoms with van der Waals surface area (Å²) >= 11 is 0. The Morgan fingerprint density at radius 3 is 2.40 bits per heavy atom. The minimum absolute atomic E-state index is 0.0155. The summed E-state index contributed by atoms with van der Waals surface area (Å²) in [7, 11) is -3.85. The minimum Gasteiger partial charge on any atom is -0.347 e. The Kier molecular flexibility index (Phi) is 6.70. The van der Waals surface area contributed by atoms with Gasteiger partial charge in [0, 0.05) is 37.0 Å². The van der Waals surface area contributed by atoms with E-state index >= 15 is 0 Å². The molecule has 1 saturated heterocycles. The summed E-state index contributed by atoms with van der Waals surface area (Å²) in [6, 6.07) is 12.1. The van der Waals surface area contributed by atoms with Gasteiger partial charge in [0.05, 0.1) is 16.5 Å². The molecule has 1 N–H and O–H groups in total. The Hall–Kier alpha value is -3.24. The van der Waals surface area contributed by atoms with Crippen LogP contribution in [0.2, 0.25) is 0 Å². The molecule has 1 aliphatic heterocycles. The van der Waals surface area contributed by atoms with Gasteiger partial charge in [-0.25, -0.2) is 8.42 Å². The number of pyridine rings is 1. The number of nitrogens with one attached hydrogen (secondary N) is 1. The lowest BCUT2D eigenvalue weighted by atomic mass is 9.95. The van der Waals surface area contributed by atoms with Crippen molar-refractivity contribution >= 4 is 15.9 Å². The van der Waals surface area contributed by atoms with Crippen molar-refractivity contribution in [3.8, 4) is 0 Å². The van der Waals surface area contributed by atoms with Crippen LogP contribution in [0, 0.1) is 13.8 Å². The molecule has 0 radical (unpaired) electrons. The summed E-state index contributed by atoms with van der Waals surface area (Å²) in [5, 5.41) is 2.83. The van der Waals surface area contributed by atoms with Gasteiger partial charge >= 0.3 is 6.18 Å². The normalized spacial score (nSPS) is 19.0. The number of carbonyl (C=O) groups excluding carboxylic acids is 1. The lowest BCUT2D eigenvalue weighted by molar-refractivity contribution is -0.137. The highest BCUT2D eigenvalue weighted by Gasteiger charge is 2.41. The summed E-state index contributed by atoms with van der Waals surface area (Å²) in [5.74, 6) is -0.967. The molecule has 2 aromatic carbocycles. The number of sulfonamides is 1. The van der Waals surface area contributed by atoms with E-state index in [9.17, 15) is 26.4 Å². The molecule has 1 fully saturated rings. The molecule has 1 amide bonds. The second kappa shape index (κ2) is 9.43. The van der Waals surface area contributed by atoms with Crippen molar-refractivity contribution < 1.29 is 26.4 Å². The Morgan fingerprint density at radius 2 is 1.77 bits per heavy atom. The van der Waals surface area contributed by atoms with Crippen LogP contribution >= 0.6 is 0 Å². The number of benzene rings is 2. The summed E-state index contributed by atoms with van der Waals surface area (Å²) in [4.78, 5) is 17.2. The maximum Gasteiger partial charge on any atom is 0.416 e. The van der Waals surface area contributed by atoms with Crippen molar-refractivity contribution in [1.29, 1.82) is 0 Å². The lowest BCUT2D eigenvalue weighted by Crippen LogP contribution is -2.40. The SMILES string of the molecule is Cc1ccc(C)c(S(=O)(=O)N2C[C@@H](NC(=O)c3ccc(C(F)(F)F)cc3)[C@H](c3cccnc3)C2)c1. The van der Waals surface area contributed by atoms with Crippen LogP contribution < -0.4 is 5.32 Å². The fourth-order valence-electron chi connectivity index (χ4n) is 4.23. The fourth-order valence-corrected chi connectivity index (χ4v) is 6.03. The first-order chi connectivity index (χ1) is 16.5. The van der Waals surface area contributed by atoms with Crippen LogP contribution in [0.1, 0.15) is 38.5 Å². The second-order valence-electron chi connectivity index (χ2n) is 8.64. The number of amides is 1. The first-order valence-electron chi connectivity index (χ1n) is 10.9. The van der Waals surface area contributed by atoms with Gasteiger partial charge in [-0.15, -0.1) is 0 Å². The molecule has 4 rings (SSSR count). The molecule has 3 aromatic rings. The van der Waals surface area contributed by atoms with E-state index in [4.69, 9.17) is 0 Å². The van der Waals surface area contributed by atoms with Crippen LogP contribution in [-0.4, -0.2) is 42.7 Å². The van der Waals surface area contributed by atoms with E-state index in [2.05, 4.69) is 10.3 Å². The maximum atomic E-state index is 13.5. The van der Waals surface area contributed by atoms with E-state index in [-0.39, 0.29) is 29.5 Å². The zero-order chi connectivity index (χ0) is 25.4. The molecule has 10 heteroatoms. The lowest BCUT2D eigenvalue weighted by Gasteiger charge is -2.20. The summed E-state index contributed by atoms with van der Waals surface area (Å²) in [6.07, 6.45) is -1.29. The average Bonchev–Trinajstić information content (AvgIpc) is 3.25. The summed E-state index contributed by atoms with van der Waals surface area (Å²) in [5.41, 5.74) is 1.38. The van der Waals surface area contributed by atoms with Crippen molar-refractivity contribution in [3.63, 3.8) is 0 Å². The molecule has 2 atom stereocenters. The number of aryl methyl sites for hydroxylation is 2. The molecule has 0 spiro atoms. The predicted octanol–water partition coefficient (Wildman–Crippen LogP) is 4.30. The highest BCUT2D eigenvalue weighted by molar-refractivity contribution is 7.89. The number of hydrogen-bond acceptors (Lipinski definition) is 4. The minimum atomic E-state index is -4.51. The number of rotatable bonds is 5. The maximum absolute atomic E-state index is 13.5. The molecule has 6 nitrogen and oxygen atoms in total. The number of aromatic nitrogens is 1. The molecule has 35 heavy (non-hydrogen) atoms. The molecular formula is C25H24F3N3O3S. The molecule has 0 saturated carbocycles. The quantitative estimate of drug-likeness (QED) is 0.563. The first-order valence-corrected chi connectivity index (χ1v) is 12.4. The largest absolute Gasteiger partial charge is 0.416 e. The molecular weight excluding hydrogens is 479 g/mol. The average molecular weight is 504 g/mol. The van der Waals surface area contributed by atoms with E-state index in [0.717, 1.165) is 35.4 Å². The number of nitrogens with zero attached hydrogens (tertiary/aromatic N) is 2. The standard InChI is InChI=1S/C25H24F3N3O3S/c1-16-5-6-17(2)23(12-16)35(33,34)31-14-21(19-4-3-11-29-13-19)22(15-31)30-24(32)18-7-9-20(10-8-18)25(26,27)28/h3-13,21-22H,14-15H2,1-2H3,(H,30,32)/t21-,22+/m0/s1. The van der Waals surface area contributed by atoms with Gasteiger partial charge in [0.2, 0.25) is 10.0 Å². The number of hydrogen-bond donors (Lipinski definition) is 1. The number of alkyl halides is 3. The smallest absolute Gasteiger partial charge is 0.347 e. The van der Waals surface area contributed by atoms with Crippen LogP contribution in [-0.2, 0) is 16.2 Å². The molecule has 2 heterocycles. The second-order valence-corrected chi connectivity index (χ2v) is 10.5. The van der Waals surface area contributed by atoms with E-state index in [0.29, 0.717) is 5.56 Å². The van der Waals surface area contributed by atoms with Crippen molar-refractivity contribution in [2.45, 2.75) is 36.9 Å². The molecule has 0 unspecified atom stereocenters. The van der Waals surface area contributed by atoms with Gasteiger partial charge in [-0.3, -0.25) is 9.78 Å². The van der Waals surface area contributed by atoms with Crippen LogP contribution in [0.25, 0.3) is 0 Å². The molecule has 184 valence electrons. The third kappa shape index (κ3) is 5.23. The first kappa shape index (κ1) is 24.9. The molecule has 0 aliphatic carbocycles. The number of carbonyl (C=O) groups is 1. The Bertz CT molecular complexity index is 1330. The van der Waals surface area contributed by atoms with Gasteiger partial charge < -0.3 is 5.32 Å². The van der Waals surface area contributed by atoms with E-state index in [1.165, 1.54) is 4.31 Å². The van der Waals surface area contributed by atoms with Crippen molar-refractivity contribution in [2.24, 2.45) is 0 Å². The zero-order valence-electron chi connectivity index (χ0n) is 19.1. The van der Waals surface area contributed by atoms with Gasteiger partial charge in [-0.05, 0) is 66.9 Å². The molecule has 0 bridgehead atoms. The van der Waals surface area contributed by atoms with Crippen molar-refractivity contribution in [3.05, 3.63) is 94.8 Å².